The maximum atomic E-state index is 14.1. The van der Waals surface area contributed by atoms with Crippen molar-refractivity contribution in [2.24, 2.45) is 39.9 Å². The maximum absolute atomic E-state index is 14.1. The van der Waals surface area contributed by atoms with E-state index in [0.29, 0.717) is 6.42 Å². The number of carbonyl (C=O) groups excluding carboxylic acids is 3. The number of nitriles is 1. The number of hydrogen-bond donors (Lipinski definition) is 2. The third-order valence-electron chi connectivity index (χ3n) is 11.3. The smallest absolute Gasteiger partial charge is 0.407 e. The van der Waals surface area contributed by atoms with Crippen LogP contribution < -0.4 is 5.32 Å². The van der Waals surface area contributed by atoms with Crippen molar-refractivity contribution >= 4 is 17.7 Å². The first kappa shape index (κ1) is 26.2. The molecule has 0 aliphatic heterocycles. The van der Waals surface area contributed by atoms with Gasteiger partial charge < -0.3 is 15.2 Å². The monoisotopic (exact) mass is 508 g/mol. The highest BCUT2D eigenvalue weighted by Gasteiger charge is 2.66. The average molecular weight is 509 g/mol. The molecule has 0 aromatic heterocycles. The second kappa shape index (κ2) is 8.02. The Balaban J connectivity index is 1.63. The van der Waals surface area contributed by atoms with Gasteiger partial charge in [0.1, 0.15) is 11.7 Å². The molecule has 0 aromatic carbocycles. The third-order valence-corrected chi connectivity index (χ3v) is 11.3. The molecule has 37 heavy (non-hydrogen) atoms. The second-order valence-electron chi connectivity index (χ2n) is 13.8. The molecule has 0 bridgehead atoms. The van der Waals surface area contributed by atoms with E-state index in [1.807, 2.05) is 13.0 Å². The van der Waals surface area contributed by atoms with Crippen molar-refractivity contribution in [3.05, 3.63) is 23.3 Å². The molecule has 5 aliphatic rings. The first-order valence-corrected chi connectivity index (χ1v) is 13.7. The number of amides is 1. The van der Waals surface area contributed by atoms with Crippen LogP contribution in [0.3, 0.4) is 0 Å². The highest BCUT2D eigenvalue weighted by atomic mass is 16.5. The van der Waals surface area contributed by atoms with Crippen LogP contribution in [0.2, 0.25) is 0 Å². The topological polar surface area (TPSA) is 116 Å². The summed E-state index contributed by atoms with van der Waals surface area (Å²) in [4.78, 5) is 39.5. The third kappa shape index (κ3) is 3.51. The van der Waals surface area contributed by atoms with Gasteiger partial charge in [0.25, 0.3) is 0 Å². The summed E-state index contributed by atoms with van der Waals surface area (Å²) < 4.78 is 5.01. The van der Waals surface area contributed by atoms with Crippen LogP contribution in [0, 0.1) is 51.2 Å². The van der Waals surface area contributed by atoms with E-state index in [2.05, 4.69) is 26.1 Å². The van der Waals surface area contributed by atoms with Crippen LogP contribution in [0.15, 0.2) is 23.3 Å². The van der Waals surface area contributed by atoms with Gasteiger partial charge in [-0.15, -0.1) is 0 Å². The first-order chi connectivity index (χ1) is 17.1. The molecule has 0 heterocycles. The van der Waals surface area contributed by atoms with E-state index in [1.165, 1.54) is 14.0 Å². The highest BCUT2D eigenvalue weighted by Crippen LogP contribution is 2.68. The fourth-order valence-electron chi connectivity index (χ4n) is 9.43. The molecule has 7 nitrogen and oxygen atoms in total. The first-order valence-electron chi connectivity index (χ1n) is 13.7. The molecule has 7 heteroatoms. The van der Waals surface area contributed by atoms with Gasteiger partial charge in [0, 0.05) is 22.8 Å². The number of fused-ring (bicyclic) bond motifs is 7. The van der Waals surface area contributed by atoms with Crippen molar-refractivity contribution in [1.29, 1.82) is 5.26 Å². The van der Waals surface area contributed by atoms with Crippen LogP contribution in [0.5, 0.6) is 0 Å². The fraction of sp³-hybridized carbons (Fsp3) is 0.733. The molecule has 2 N–H and O–H groups in total. The fourth-order valence-corrected chi connectivity index (χ4v) is 9.43. The lowest BCUT2D eigenvalue weighted by molar-refractivity contribution is -0.151. The minimum absolute atomic E-state index is 0.00278. The van der Waals surface area contributed by atoms with Gasteiger partial charge in [0.15, 0.2) is 5.78 Å². The Morgan fingerprint density at radius 2 is 1.78 bits per heavy atom. The zero-order valence-corrected chi connectivity index (χ0v) is 22.9. The molecule has 5 aliphatic carbocycles. The standard InChI is InChI=1S/C30H40N2O5/c1-26(2)11-12-30(32-25(35)37-6)10-7-18-23(19(30)15-26)20(33)13-22-27(18,3)9-8-21-28(22,4)14-17(16-31)24(34)29(21,5)36/h13-14,18-19,21,23,36H,7-12,15H2,1-6H3,(H,32,35)/t18?,19?,21?,23?,27-,28-,29-,30+/m0/s1. The summed E-state index contributed by atoms with van der Waals surface area (Å²) in [6.07, 6.45) is 8.72. The van der Waals surface area contributed by atoms with Gasteiger partial charge >= 0.3 is 6.09 Å². The normalized spacial score (nSPS) is 46.1. The summed E-state index contributed by atoms with van der Waals surface area (Å²) in [5, 5.41) is 24.2. The SMILES string of the molecule is COC(=O)N[C@@]12CCC3C(C(=O)C=C4[C@@]5(C)C=C(C#N)C(=O)[C@@](C)(O)C5CC[C@]43C)C1CC(C)(C)CC2. The quantitative estimate of drug-likeness (QED) is 0.533. The predicted molar refractivity (Wildman–Crippen MR) is 137 cm³/mol. The van der Waals surface area contributed by atoms with Crippen LogP contribution in [0.1, 0.15) is 79.6 Å². The summed E-state index contributed by atoms with van der Waals surface area (Å²) >= 11 is 0. The lowest BCUT2D eigenvalue weighted by atomic mass is 9.40. The van der Waals surface area contributed by atoms with E-state index < -0.39 is 34.3 Å². The number of methoxy groups -OCH3 is 1. The number of hydrogen-bond acceptors (Lipinski definition) is 6. The van der Waals surface area contributed by atoms with Crippen LogP contribution in [0.4, 0.5) is 4.79 Å². The zero-order chi connectivity index (χ0) is 27.2. The molecule has 0 spiro atoms. The van der Waals surface area contributed by atoms with E-state index in [1.54, 1.807) is 12.2 Å². The van der Waals surface area contributed by atoms with Gasteiger partial charge in [-0.3, -0.25) is 9.59 Å². The molecule has 0 saturated heterocycles. The Kier molecular flexibility index (Phi) is 5.67. The average Bonchev–Trinajstić information content (AvgIpc) is 2.82. The van der Waals surface area contributed by atoms with Crippen molar-refractivity contribution in [1.82, 2.24) is 5.32 Å². The Morgan fingerprint density at radius 3 is 2.43 bits per heavy atom. The van der Waals surface area contributed by atoms with Gasteiger partial charge in [-0.25, -0.2) is 4.79 Å². The van der Waals surface area contributed by atoms with E-state index in [4.69, 9.17) is 4.74 Å². The molecule has 8 atom stereocenters. The Labute approximate surface area is 219 Å². The summed E-state index contributed by atoms with van der Waals surface area (Å²) in [6.45, 7) is 10.2. The Bertz CT molecular complexity index is 1170. The number of rotatable bonds is 1. The second-order valence-corrected chi connectivity index (χ2v) is 13.8. The number of Topliss-reactive ketones (excluding diaryl/α,β-unsaturated/α-hetero) is 1. The minimum atomic E-state index is -1.66. The Hall–Kier alpha value is -2.46. The predicted octanol–water partition coefficient (Wildman–Crippen LogP) is 4.65. The van der Waals surface area contributed by atoms with Gasteiger partial charge in [0.05, 0.1) is 12.7 Å². The Morgan fingerprint density at radius 1 is 1.08 bits per heavy atom. The number of ether oxygens (including phenoxy) is 1. The van der Waals surface area contributed by atoms with E-state index in [9.17, 15) is 24.8 Å². The van der Waals surface area contributed by atoms with Crippen molar-refractivity contribution in [2.45, 2.75) is 90.7 Å². The van der Waals surface area contributed by atoms with E-state index in [-0.39, 0.29) is 39.9 Å². The summed E-state index contributed by atoms with van der Waals surface area (Å²) in [7, 11) is 1.38. The number of carbonyl (C=O) groups is 3. The lowest BCUT2D eigenvalue weighted by Crippen LogP contribution is -2.67. The van der Waals surface area contributed by atoms with Crippen molar-refractivity contribution < 1.29 is 24.2 Å². The molecular weight excluding hydrogens is 468 g/mol. The molecule has 1 amide bonds. The lowest BCUT2D eigenvalue weighted by Gasteiger charge is -2.64. The van der Waals surface area contributed by atoms with Crippen molar-refractivity contribution in [2.75, 3.05) is 7.11 Å². The molecular formula is C30H40N2O5. The zero-order valence-electron chi connectivity index (χ0n) is 22.9. The minimum Gasteiger partial charge on any atom is -0.453 e. The summed E-state index contributed by atoms with van der Waals surface area (Å²) in [5.74, 6) is -0.979. The maximum Gasteiger partial charge on any atom is 0.407 e. The van der Waals surface area contributed by atoms with E-state index >= 15 is 0 Å². The number of alkyl carbamates (subject to hydrolysis) is 1. The highest BCUT2D eigenvalue weighted by molar-refractivity contribution is 6.06. The van der Waals surface area contributed by atoms with Crippen molar-refractivity contribution in [3.63, 3.8) is 0 Å². The number of nitrogens with zero attached hydrogens (tertiary/aromatic N) is 1. The number of allylic oxidation sites excluding steroid dienone is 3. The van der Waals surface area contributed by atoms with Crippen LogP contribution >= 0.6 is 0 Å². The molecule has 0 aromatic rings. The number of aliphatic hydroxyl groups is 1. The number of nitrogens with one attached hydrogen (secondary N) is 1. The number of ketones is 2. The molecule has 4 unspecified atom stereocenters. The van der Waals surface area contributed by atoms with Gasteiger partial charge in [-0.05, 0) is 80.6 Å². The molecule has 200 valence electrons. The molecule has 3 saturated carbocycles. The van der Waals surface area contributed by atoms with Gasteiger partial charge in [-0.1, -0.05) is 39.3 Å². The van der Waals surface area contributed by atoms with Gasteiger partial charge in [0.2, 0.25) is 5.78 Å². The summed E-state index contributed by atoms with van der Waals surface area (Å²) in [5.41, 5.74) is -2.20. The van der Waals surface area contributed by atoms with Crippen LogP contribution in [0.25, 0.3) is 0 Å². The van der Waals surface area contributed by atoms with Crippen LogP contribution in [-0.2, 0) is 14.3 Å². The van der Waals surface area contributed by atoms with Crippen molar-refractivity contribution in [3.8, 4) is 6.07 Å². The molecule has 3 fully saturated rings. The molecule has 0 radical (unpaired) electrons. The summed E-state index contributed by atoms with van der Waals surface area (Å²) in [6, 6.07) is 2.01. The van der Waals surface area contributed by atoms with Crippen LogP contribution in [-0.4, -0.2) is 41.0 Å². The molecule has 5 rings (SSSR count). The largest absolute Gasteiger partial charge is 0.453 e. The van der Waals surface area contributed by atoms with E-state index in [0.717, 1.165) is 44.1 Å². The van der Waals surface area contributed by atoms with Gasteiger partial charge in [-0.2, -0.15) is 5.26 Å².